The Labute approximate surface area is 126 Å². The highest BCUT2D eigenvalue weighted by Gasteiger charge is 2.05. The molecule has 0 heterocycles. The third-order valence-corrected chi connectivity index (χ3v) is 3.82. The Morgan fingerprint density at radius 1 is 1.20 bits per heavy atom. The minimum atomic E-state index is -0.108. The van der Waals surface area contributed by atoms with Gasteiger partial charge in [0, 0.05) is 33.0 Å². The first kappa shape index (κ1) is 14.6. The van der Waals surface area contributed by atoms with E-state index in [-0.39, 0.29) is 5.91 Å². The zero-order valence-electron chi connectivity index (χ0n) is 10.7. The van der Waals surface area contributed by atoms with Crippen molar-refractivity contribution in [3.8, 4) is 0 Å². The van der Waals surface area contributed by atoms with Crippen LogP contribution in [0.15, 0.2) is 52.3 Å². The summed E-state index contributed by atoms with van der Waals surface area (Å²) in [6.07, 6.45) is 0.810. The number of carbonyl (C=O) groups is 2. The van der Waals surface area contributed by atoms with Crippen molar-refractivity contribution in [2.45, 2.75) is 16.7 Å². The molecule has 0 aliphatic rings. The molecule has 2 rings (SSSR count). The molecule has 0 aromatic heterocycles. The predicted octanol–water partition coefficient (Wildman–Crippen LogP) is 4.26. The fraction of sp³-hybridized carbons (Fsp3) is 0.0667. The summed E-state index contributed by atoms with van der Waals surface area (Å²) in [4.78, 5) is 23.7. The van der Waals surface area contributed by atoms with E-state index in [1.807, 2.05) is 24.3 Å². The van der Waals surface area contributed by atoms with E-state index in [2.05, 4.69) is 5.32 Å². The molecule has 2 aromatic carbocycles. The van der Waals surface area contributed by atoms with E-state index in [0.717, 1.165) is 21.8 Å². The van der Waals surface area contributed by atoms with Gasteiger partial charge in [-0.1, -0.05) is 23.4 Å². The number of carbonyl (C=O) groups excluding carboxylic acids is 2. The van der Waals surface area contributed by atoms with Gasteiger partial charge in [0.2, 0.25) is 5.91 Å². The van der Waals surface area contributed by atoms with E-state index >= 15 is 0 Å². The number of halogens is 1. The van der Waals surface area contributed by atoms with E-state index in [1.165, 1.54) is 18.7 Å². The minimum absolute atomic E-state index is 0.108. The highest BCUT2D eigenvalue weighted by atomic mass is 35.5. The standard InChI is InChI=1S/C15H12ClNO2S/c1-10(19)17-13-4-6-14(7-5-13)20-15-8-12(16)3-2-11(15)9-18/h2-9H,1H3,(H,17,19). The normalized spacial score (nSPS) is 10.1. The van der Waals surface area contributed by atoms with Gasteiger partial charge < -0.3 is 5.32 Å². The number of hydrogen-bond donors (Lipinski definition) is 1. The molecular weight excluding hydrogens is 294 g/mol. The van der Waals surface area contributed by atoms with Crippen LogP contribution in [-0.2, 0) is 4.79 Å². The monoisotopic (exact) mass is 305 g/mol. The molecule has 20 heavy (non-hydrogen) atoms. The summed E-state index contributed by atoms with van der Waals surface area (Å²) >= 11 is 7.40. The van der Waals surface area contributed by atoms with Crippen LogP contribution in [0.2, 0.25) is 5.02 Å². The zero-order chi connectivity index (χ0) is 14.5. The van der Waals surface area contributed by atoms with Crippen LogP contribution >= 0.6 is 23.4 Å². The van der Waals surface area contributed by atoms with Crippen LogP contribution in [0.4, 0.5) is 5.69 Å². The Hall–Kier alpha value is -1.78. The Bertz CT molecular complexity index is 641. The molecule has 0 fully saturated rings. The van der Waals surface area contributed by atoms with Crippen LogP contribution in [0.5, 0.6) is 0 Å². The summed E-state index contributed by atoms with van der Waals surface area (Å²) in [5, 5.41) is 3.29. The quantitative estimate of drug-likeness (QED) is 0.858. The van der Waals surface area contributed by atoms with Crippen molar-refractivity contribution >= 4 is 41.2 Å². The van der Waals surface area contributed by atoms with E-state index in [4.69, 9.17) is 11.6 Å². The van der Waals surface area contributed by atoms with Crippen LogP contribution in [0.25, 0.3) is 0 Å². The predicted molar refractivity (Wildman–Crippen MR) is 81.7 cm³/mol. The van der Waals surface area contributed by atoms with Crippen molar-refractivity contribution < 1.29 is 9.59 Å². The molecule has 0 spiro atoms. The molecular formula is C15H12ClNO2S. The summed E-state index contributed by atoms with van der Waals surface area (Å²) in [6.45, 7) is 1.46. The van der Waals surface area contributed by atoms with Gasteiger partial charge in [-0.25, -0.2) is 0 Å². The lowest BCUT2D eigenvalue weighted by Crippen LogP contribution is -2.05. The summed E-state index contributed by atoms with van der Waals surface area (Å²) in [6, 6.07) is 12.5. The second-order valence-corrected chi connectivity index (χ2v) is 5.66. The number of amides is 1. The number of nitrogens with one attached hydrogen (secondary N) is 1. The highest BCUT2D eigenvalue weighted by Crippen LogP contribution is 2.32. The zero-order valence-corrected chi connectivity index (χ0v) is 12.3. The first-order valence-corrected chi connectivity index (χ1v) is 7.08. The number of benzene rings is 2. The molecule has 0 unspecified atom stereocenters. The maximum absolute atomic E-state index is 11.0. The highest BCUT2D eigenvalue weighted by molar-refractivity contribution is 7.99. The molecule has 0 aliphatic carbocycles. The van der Waals surface area contributed by atoms with E-state index in [1.54, 1.807) is 18.2 Å². The van der Waals surface area contributed by atoms with E-state index < -0.39 is 0 Å². The molecule has 0 bridgehead atoms. The Kier molecular flexibility index (Phi) is 4.82. The van der Waals surface area contributed by atoms with Crippen molar-refractivity contribution in [1.82, 2.24) is 0 Å². The summed E-state index contributed by atoms with van der Waals surface area (Å²) < 4.78 is 0. The SMILES string of the molecule is CC(=O)Nc1ccc(Sc2cc(Cl)ccc2C=O)cc1. The van der Waals surface area contributed by atoms with Gasteiger partial charge in [0.1, 0.15) is 0 Å². The van der Waals surface area contributed by atoms with Gasteiger partial charge in [-0.2, -0.15) is 0 Å². The molecule has 0 aliphatic heterocycles. The van der Waals surface area contributed by atoms with Gasteiger partial charge in [-0.3, -0.25) is 9.59 Å². The fourth-order valence-corrected chi connectivity index (χ4v) is 2.81. The van der Waals surface area contributed by atoms with Crippen LogP contribution in [0, 0.1) is 0 Å². The van der Waals surface area contributed by atoms with Crippen LogP contribution in [0.1, 0.15) is 17.3 Å². The Balaban J connectivity index is 2.19. The molecule has 0 atom stereocenters. The summed E-state index contributed by atoms with van der Waals surface area (Å²) in [7, 11) is 0. The van der Waals surface area contributed by atoms with Crippen molar-refractivity contribution in [1.29, 1.82) is 0 Å². The van der Waals surface area contributed by atoms with Crippen molar-refractivity contribution in [2.75, 3.05) is 5.32 Å². The summed E-state index contributed by atoms with van der Waals surface area (Å²) in [5.74, 6) is -0.108. The van der Waals surface area contributed by atoms with Crippen molar-refractivity contribution in [3.05, 3.63) is 53.1 Å². The number of hydrogen-bond acceptors (Lipinski definition) is 3. The van der Waals surface area contributed by atoms with E-state index in [9.17, 15) is 9.59 Å². The van der Waals surface area contributed by atoms with Crippen molar-refractivity contribution in [2.24, 2.45) is 0 Å². The van der Waals surface area contributed by atoms with Crippen LogP contribution in [0.3, 0.4) is 0 Å². The fourth-order valence-electron chi connectivity index (χ4n) is 1.63. The van der Waals surface area contributed by atoms with Gasteiger partial charge >= 0.3 is 0 Å². The molecule has 3 nitrogen and oxygen atoms in total. The molecule has 102 valence electrons. The maximum atomic E-state index is 11.0. The van der Waals surface area contributed by atoms with Gasteiger partial charge in [0.15, 0.2) is 6.29 Å². The summed E-state index contributed by atoms with van der Waals surface area (Å²) in [5.41, 5.74) is 1.34. The first-order valence-electron chi connectivity index (χ1n) is 5.89. The number of rotatable bonds is 4. The second kappa shape index (κ2) is 6.59. The Morgan fingerprint density at radius 2 is 1.90 bits per heavy atom. The topological polar surface area (TPSA) is 46.2 Å². The second-order valence-electron chi connectivity index (χ2n) is 4.11. The van der Waals surface area contributed by atoms with Gasteiger partial charge in [-0.15, -0.1) is 0 Å². The number of anilines is 1. The first-order chi connectivity index (χ1) is 9.58. The third kappa shape index (κ3) is 3.85. The third-order valence-electron chi connectivity index (χ3n) is 2.51. The van der Waals surface area contributed by atoms with E-state index in [0.29, 0.717) is 10.6 Å². The van der Waals surface area contributed by atoms with Gasteiger partial charge in [0.25, 0.3) is 0 Å². The molecule has 0 radical (unpaired) electrons. The van der Waals surface area contributed by atoms with Crippen LogP contribution < -0.4 is 5.32 Å². The van der Waals surface area contributed by atoms with Crippen molar-refractivity contribution in [3.63, 3.8) is 0 Å². The van der Waals surface area contributed by atoms with Gasteiger partial charge in [-0.05, 0) is 42.5 Å². The lowest BCUT2D eigenvalue weighted by atomic mass is 10.2. The molecule has 5 heteroatoms. The van der Waals surface area contributed by atoms with Crippen LogP contribution in [-0.4, -0.2) is 12.2 Å². The average molecular weight is 306 g/mol. The molecule has 1 amide bonds. The molecule has 0 saturated heterocycles. The molecule has 0 saturated carbocycles. The molecule has 2 aromatic rings. The minimum Gasteiger partial charge on any atom is -0.326 e. The smallest absolute Gasteiger partial charge is 0.221 e. The molecule has 1 N–H and O–H groups in total. The Morgan fingerprint density at radius 3 is 2.50 bits per heavy atom. The largest absolute Gasteiger partial charge is 0.326 e. The average Bonchev–Trinajstić information content (AvgIpc) is 2.41. The lowest BCUT2D eigenvalue weighted by Gasteiger charge is -2.07. The van der Waals surface area contributed by atoms with Gasteiger partial charge in [0.05, 0.1) is 0 Å². The maximum Gasteiger partial charge on any atom is 0.221 e. The number of aldehydes is 1. The lowest BCUT2D eigenvalue weighted by molar-refractivity contribution is -0.114.